The molecule has 1 amide bonds. The number of carbonyl (C=O) groups is 5. The summed E-state index contributed by atoms with van der Waals surface area (Å²) in [5.74, 6) is -1.98. The van der Waals surface area contributed by atoms with Gasteiger partial charge in [-0.2, -0.15) is 0 Å². The molecule has 3 aliphatic heterocycles. The highest BCUT2D eigenvalue weighted by Gasteiger charge is 2.27. The van der Waals surface area contributed by atoms with Gasteiger partial charge in [-0.1, -0.05) is 12.1 Å². The van der Waals surface area contributed by atoms with E-state index in [2.05, 4.69) is 14.8 Å². The summed E-state index contributed by atoms with van der Waals surface area (Å²) in [5, 5.41) is 15.3. The topological polar surface area (TPSA) is 190 Å². The van der Waals surface area contributed by atoms with Gasteiger partial charge in [0.05, 0.1) is 50.8 Å². The third-order valence-corrected chi connectivity index (χ3v) is 12.3. The first-order chi connectivity index (χ1) is 33.5. The number of fused-ring (bicyclic) bond motifs is 2. The predicted octanol–water partition coefficient (Wildman–Crippen LogP) is 6.15. The van der Waals surface area contributed by atoms with Crippen molar-refractivity contribution in [2.75, 3.05) is 107 Å². The maximum Gasteiger partial charge on any atom is 0.336 e. The Hall–Kier alpha value is -8.08. The Morgan fingerprint density at radius 3 is 2.03 bits per heavy atom. The second-order valence-corrected chi connectivity index (χ2v) is 16.5. The Balaban J connectivity index is 1.10. The highest BCUT2D eigenvalue weighted by Crippen LogP contribution is 2.43. The number of carboxylic acid groups (broad SMARTS) is 1. The van der Waals surface area contributed by atoms with Crippen molar-refractivity contribution in [2.45, 2.75) is 19.8 Å². The van der Waals surface area contributed by atoms with Crippen LogP contribution < -0.4 is 39.4 Å². The lowest BCUT2D eigenvalue weighted by Crippen LogP contribution is -2.40. The van der Waals surface area contributed by atoms with Crippen molar-refractivity contribution in [3.8, 4) is 33.9 Å². The molecule has 4 aliphatic rings. The molecule has 4 aromatic rings. The average molecular weight is 941 g/mol. The summed E-state index contributed by atoms with van der Waals surface area (Å²) in [5.41, 5.74) is 4.90. The molecule has 2 fully saturated rings. The summed E-state index contributed by atoms with van der Waals surface area (Å²) in [6.07, 6.45) is 2.21. The van der Waals surface area contributed by atoms with Crippen LogP contribution >= 0.6 is 0 Å². The fourth-order valence-electron chi connectivity index (χ4n) is 8.35. The minimum atomic E-state index is -1.15. The van der Waals surface area contributed by atoms with E-state index in [9.17, 15) is 29.1 Å². The van der Waals surface area contributed by atoms with E-state index in [-0.39, 0.29) is 44.0 Å². The van der Waals surface area contributed by atoms with E-state index in [1.54, 1.807) is 53.4 Å². The summed E-state index contributed by atoms with van der Waals surface area (Å²) < 4.78 is 35.9. The van der Waals surface area contributed by atoms with Gasteiger partial charge < -0.3 is 53.2 Å². The quantitative estimate of drug-likeness (QED) is 0.0309. The number of methoxy groups -OCH3 is 3. The number of carbonyl (C=O) groups excluding carboxylic acids is 4. The van der Waals surface area contributed by atoms with Crippen molar-refractivity contribution in [3.05, 3.63) is 114 Å². The van der Waals surface area contributed by atoms with Crippen LogP contribution in [0.5, 0.6) is 11.5 Å². The average Bonchev–Trinajstić information content (AvgIpc) is 3.32. The number of hydrogen-bond acceptors (Lipinski definition) is 14. The summed E-state index contributed by atoms with van der Waals surface area (Å²) in [4.78, 5) is 69.8. The summed E-state index contributed by atoms with van der Waals surface area (Å²) >= 11 is 0. The number of carboxylic acids is 1. The van der Waals surface area contributed by atoms with Gasteiger partial charge in [0.25, 0.3) is 5.91 Å². The Bertz CT molecular complexity index is 2940. The van der Waals surface area contributed by atoms with Gasteiger partial charge in [-0.15, -0.1) is 0 Å². The van der Waals surface area contributed by atoms with Crippen molar-refractivity contribution < 1.29 is 57.2 Å². The first-order valence-electron chi connectivity index (χ1n) is 22.7. The van der Waals surface area contributed by atoms with E-state index >= 15 is 0 Å². The van der Waals surface area contributed by atoms with Crippen LogP contribution in [-0.2, 0) is 28.6 Å². The molecule has 0 spiro atoms. The van der Waals surface area contributed by atoms with Crippen molar-refractivity contribution in [2.24, 2.45) is 0 Å². The van der Waals surface area contributed by atoms with Gasteiger partial charge in [0, 0.05) is 71.3 Å². The number of nitrogens with one attached hydrogen (secondary N) is 1. The number of benzene rings is 5. The molecule has 1 aliphatic carbocycles. The van der Waals surface area contributed by atoms with Gasteiger partial charge in [0.1, 0.15) is 68.8 Å². The molecule has 3 heterocycles. The number of nitrogens with zero attached hydrogens (tertiary/aromatic N) is 4. The Kier molecular flexibility index (Phi) is 14.6. The van der Waals surface area contributed by atoms with Crippen LogP contribution in [0.2, 0.25) is 0 Å². The summed E-state index contributed by atoms with van der Waals surface area (Å²) in [6, 6.07) is 28.4. The monoisotopic (exact) mass is 940 g/mol. The molecule has 0 bridgehead atoms. The zero-order chi connectivity index (χ0) is 48.6. The van der Waals surface area contributed by atoms with Gasteiger partial charge in [-0.05, 0) is 79.6 Å². The van der Waals surface area contributed by atoms with E-state index in [0.29, 0.717) is 68.5 Å². The molecule has 0 unspecified atom stereocenters. The maximum atomic E-state index is 14.3. The second-order valence-electron chi connectivity index (χ2n) is 16.5. The molecular formula is C52H54N5O12+. The van der Waals surface area contributed by atoms with Crippen LogP contribution in [0.1, 0.15) is 40.5 Å². The number of aromatic carboxylic acids is 1. The fourth-order valence-corrected chi connectivity index (χ4v) is 8.35. The van der Waals surface area contributed by atoms with Crippen molar-refractivity contribution in [3.63, 3.8) is 0 Å². The molecule has 17 nitrogen and oxygen atoms in total. The van der Waals surface area contributed by atoms with Gasteiger partial charge >= 0.3 is 23.9 Å². The smallest absolute Gasteiger partial charge is 0.336 e. The Labute approximate surface area is 398 Å². The van der Waals surface area contributed by atoms with Gasteiger partial charge in [-0.25, -0.2) is 9.37 Å². The van der Waals surface area contributed by atoms with Crippen molar-refractivity contribution in [1.82, 2.24) is 4.58 Å². The van der Waals surface area contributed by atoms with E-state index in [1.165, 1.54) is 38.4 Å². The summed E-state index contributed by atoms with van der Waals surface area (Å²) in [7, 11) is 3.81. The molecule has 69 heavy (non-hydrogen) atoms. The van der Waals surface area contributed by atoms with E-state index in [1.807, 2.05) is 43.3 Å². The number of likely N-dealkylation sites (N-methyl/N-ethyl adjacent to an activating group) is 1. The minimum absolute atomic E-state index is 0.00709. The van der Waals surface area contributed by atoms with E-state index in [0.717, 1.165) is 50.1 Å². The molecule has 4 aromatic carbocycles. The van der Waals surface area contributed by atoms with Crippen molar-refractivity contribution >= 4 is 63.5 Å². The largest absolute Gasteiger partial charge is 0.488 e. The maximum absolute atomic E-state index is 14.3. The van der Waals surface area contributed by atoms with E-state index in [4.69, 9.17) is 28.1 Å². The number of para-hydroxylation sites is 2. The minimum Gasteiger partial charge on any atom is -0.488 e. The summed E-state index contributed by atoms with van der Waals surface area (Å²) in [6.45, 7) is 5.49. The van der Waals surface area contributed by atoms with Gasteiger partial charge in [-0.3, -0.25) is 19.2 Å². The highest BCUT2D eigenvalue weighted by atomic mass is 16.5. The number of anilines is 4. The molecule has 0 atom stereocenters. The van der Waals surface area contributed by atoms with Crippen LogP contribution in [0, 0.1) is 0 Å². The lowest BCUT2D eigenvalue weighted by atomic mass is 9.89. The van der Waals surface area contributed by atoms with Gasteiger partial charge in [0.2, 0.25) is 5.36 Å². The second kappa shape index (κ2) is 21.3. The molecule has 2 N–H and O–H groups in total. The third kappa shape index (κ3) is 10.6. The Morgan fingerprint density at radius 1 is 0.710 bits per heavy atom. The first-order valence-corrected chi connectivity index (χ1v) is 22.7. The van der Waals surface area contributed by atoms with E-state index < -0.39 is 29.8 Å². The number of hydrogen-bond donors (Lipinski definition) is 2. The third-order valence-electron chi connectivity index (χ3n) is 12.3. The van der Waals surface area contributed by atoms with Crippen LogP contribution in [0.4, 0.5) is 22.7 Å². The lowest BCUT2D eigenvalue weighted by molar-refractivity contribution is -0.140. The molecule has 358 valence electrons. The predicted molar refractivity (Wildman–Crippen MR) is 260 cm³/mol. The van der Waals surface area contributed by atoms with Crippen LogP contribution in [0.3, 0.4) is 0 Å². The molecule has 2 saturated heterocycles. The highest BCUT2D eigenvalue weighted by molar-refractivity contribution is 6.11. The molecule has 0 saturated carbocycles. The van der Waals surface area contributed by atoms with Gasteiger partial charge in [0.15, 0.2) is 0 Å². The fraction of sp³-hybridized carbons (Fsp3) is 0.308. The van der Waals surface area contributed by atoms with Crippen LogP contribution in [0.15, 0.2) is 101 Å². The Morgan fingerprint density at radius 2 is 1.39 bits per heavy atom. The molecule has 17 heteroatoms. The standard InChI is InChI=1S/C52H53N5O12/c1-5-54(30-47(58)64-2)42-19-13-34(27-46(42)68-25-24-67-43-11-7-6-10-41(43)57(31-48(59)65-3)32-49(60)66-4)53-51(61)33-12-16-37(52(62)63)40(26-33)50-38-17-14-35(55-20-8-21-55)28-44(38)69-45-29-36(15-18-39(45)50)56-22-9-23-56/h6-7,10-19,26-29H,5,8-9,20-25,30-32H2,1-4H3,(H-,53,61,62,63)/p+1. The zero-order valence-electron chi connectivity index (χ0n) is 38.9. The lowest BCUT2D eigenvalue weighted by Gasteiger charge is -2.33. The molecule has 0 radical (unpaired) electrons. The van der Waals surface area contributed by atoms with Crippen LogP contribution in [-0.4, -0.2) is 122 Å². The molecule has 8 rings (SSSR count). The number of rotatable bonds is 19. The first kappa shape index (κ1) is 47.4. The SMILES string of the molecule is CCN(CC(=O)OC)c1ccc(NC(=O)c2ccc(C(=O)O)c(-c3c4ccc(=[N+]5CCC5)cc-4oc4cc(N5CCC5)ccc34)c2)cc1OCCOc1ccccc1N(CC(=O)OC)CC(=O)OC. The molecular weight excluding hydrogens is 887 g/mol. The number of amides is 1. The normalized spacial score (nSPS) is 12.9. The number of esters is 3. The van der Waals surface area contributed by atoms with Crippen molar-refractivity contribution in [1.29, 1.82) is 0 Å². The molecule has 0 aromatic heterocycles. The van der Waals surface area contributed by atoms with Crippen LogP contribution in [0.25, 0.3) is 33.4 Å². The zero-order valence-corrected chi connectivity index (χ0v) is 38.9. The number of ether oxygens (including phenoxy) is 5.